The van der Waals surface area contributed by atoms with Crippen molar-refractivity contribution in [1.29, 1.82) is 0 Å². The molecule has 0 aliphatic carbocycles. The molecule has 0 aliphatic rings. The van der Waals surface area contributed by atoms with Crippen LogP contribution in [0.15, 0.2) is 48.8 Å². The van der Waals surface area contributed by atoms with E-state index in [0.717, 1.165) is 16.7 Å². The summed E-state index contributed by atoms with van der Waals surface area (Å²) in [5.41, 5.74) is 2.93. The SMILES string of the molecule is CCNS(=O)(=O)N(Cc1cccnc1)Cc1ccccc1C. The molecule has 118 valence electrons. The van der Waals surface area contributed by atoms with Crippen LogP contribution in [0.4, 0.5) is 0 Å². The van der Waals surface area contributed by atoms with E-state index in [4.69, 9.17) is 0 Å². The van der Waals surface area contributed by atoms with Crippen LogP contribution in [0, 0.1) is 6.92 Å². The molecule has 0 atom stereocenters. The van der Waals surface area contributed by atoms with Crippen molar-refractivity contribution in [2.75, 3.05) is 6.54 Å². The largest absolute Gasteiger partial charge is 0.280 e. The van der Waals surface area contributed by atoms with Crippen LogP contribution in [0.3, 0.4) is 0 Å². The Balaban J connectivity index is 2.28. The van der Waals surface area contributed by atoms with Gasteiger partial charge in [0, 0.05) is 32.0 Å². The summed E-state index contributed by atoms with van der Waals surface area (Å²) in [5, 5.41) is 0. The van der Waals surface area contributed by atoms with Gasteiger partial charge in [-0.25, -0.2) is 4.72 Å². The molecular formula is C16H21N3O2S. The maximum absolute atomic E-state index is 12.4. The zero-order valence-electron chi connectivity index (χ0n) is 12.9. The predicted molar refractivity (Wildman–Crippen MR) is 87.3 cm³/mol. The topological polar surface area (TPSA) is 62.3 Å². The molecule has 1 N–H and O–H groups in total. The minimum absolute atomic E-state index is 0.289. The van der Waals surface area contributed by atoms with Gasteiger partial charge in [0.05, 0.1) is 0 Å². The van der Waals surface area contributed by atoms with Crippen molar-refractivity contribution in [2.45, 2.75) is 26.9 Å². The number of pyridine rings is 1. The van der Waals surface area contributed by atoms with E-state index in [2.05, 4.69) is 9.71 Å². The smallest absolute Gasteiger partial charge is 0.264 e. The third-order valence-corrected chi connectivity index (χ3v) is 4.95. The number of benzene rings is 1. The van der Waals surface area contributed by atoms with Crippen LogP contribution in [-0.4, -0.2) is 24.3 Å². The monoisotopic (exact) mass is 319 g/mol. The summed E-state index contributed by atoms with van der Waals surface area (Å²) >= 11 is 0. The first kappa shape index (κ1) is 16.6. The van der Waals surface area contributed by atoms with Crippen molar-refractivity contribution in [2.24, 2.45) is 0 Å². The number of hydrogen-bond donors (Lipinski definition) is 1. The summed E-state index contributed by atoms with van der Waals surface area (Å²) in [7, 11) is -3.53. The summed E-state index contributed by atoms with van der Waals surface area (Å²) in [5.74, 6) is 0. The van der Waals surface area contributed by atoms with Crippen molar-refractivity contribution >= 4 is 10.2 Å². The number of hydrogen-bond acceptors (Lipinski definition) is 3. The molecule has 1 heterocycles. The minimum atomic E-state index is -3.53. The molecule has 0 amide bonds. The Kier molecular flexibility index (Phi) is 5.65. The van der Waals surface area contributed by atoms with Gasteiger partial charge in [0.15, 0.2) is 0 Å². The van der Waals surface area contributed by atoms with E-state index in [9.17, 15) is 8.42 Å². The highest BCUT2D eigenvalue weighted by atomic mass is 32.2. The molecule has 22 heavy (non-hydrogen) atoms. The predicted octanol–water partition coefficient (Wildman–Crippen LogP) is 2.25. The number of aromatic nitrogens is 1. The minimum Gasteiger partial charge on any atom is -0.264 e. The fraction of sp³-hybridized carbons (Fsp3) is 0.312. The van der Waals surface area contributed by atoms with Gasteiger partial charge in [0.1, 0.15) is 0 Å². The molecule has 2 rings (SSSR count). The molecule has 0 spiro atoms. The van der Waals surface area contributed by atoms with E-state index in [1.165, 1.54) is 4.31 Å². The average molecular weight is 319 g/mol. The first-order valence-electron chi connectivity index (χ1n) is 7.21. The molecule has 0 saturated carbocycles. The fourth-order valence-corrected chi connectivity index (χ4v) is 3.35. The standard InChI is InChI=1S/C16H21N3O2S/c1-3-18-22(20,21)19(12-15-8-6-10-17-11-15)13-16-9-5-4-7-14(16)2/h4-11,18H,3,12-13H2,1-2H3. The first-order chi connectivity index (χ1) is 10.5. The lowest BCUT2D eigenvalue weighted by Gasteiger charge is -2.23. The van der Waals surface area contributed by atoms with Crippen LogP contribution in [0.5, 0.6) is 0 Å². The summed E-state index contributed by atoms with van der Waals surface area (Å²) in [4.78, 5) is 4.05. The molecular weight excluding hydrogens is 298 g/mol. The Morgan fingerprint density at radius 2 is 1.91 bits per heavy atom. The number of aryl methyl sites for hydroxylation is 1. The quantitative estimate of drug-likeness (QED) is 0.851. The lowest BCUT2D eigenvalue weighted by molar-refractivity contribution is 0.393. The third kappa shape index (κ3) is 4.37. The second-order valence-electron chi connectivity index (χ2n) is 5.06. The molecule has 0 fully saturated rings. The van der Waals surface area contributed by atoms with Crippen LogP contribution < -0.4 is 4.72 Å². The summed E-state index contributed by atoms with van der Waals surface area (Å²) in [6, 6.07) is 11.5. The molecule has 6 heteroatoms. The van der Waals surface area contributed by atoms with E-state index < -0.39 is 10.2 Å². The molecule has 1 aromatic carbocycles. The van der Waals surface area contributed by atoms with Crippen LogP contribution >= 0.6 is 0 Å². The van der Waals surface area contributed by atoms with Crippen LogP contribution in [0.25, 0.3) is 0 Å². The van der Waals surface area contributed by atoms with Crippen LogP contribution in [0.1, 0.15) is 23.6 Å². The highest BCUT2D eigenvalue weighted by molar-refractivity contribution is 7.87. The maximum atomic E-state index is 12.4. The van der Waals surface area contributed by atoms with Gasteiger partial charge >= 0.3 is 0 Å². The van der Waals surface area contributed by atoms with Gasteiger partial charge in [-0.3, -0.25) is 4.98 Å². The van der Waals surface area contributed by atoms with Gasteiger partial charge < -0.3 is 0 Å². The molecule has 0 aliphatic heterocycles. The zero-order chi connectivity index (χ0) is 16.0. The van der Waals surface area contributed by atoms with Crippen molar-refractivity contribution in [1.82, 2.24) is 14.0 Å². The highest BCUT2D eigenvalue weighted by Gasteiger charge is 2.22. The molecule has 0 bridgehead atoms. The van der Waals surface area contributed by atoms with E-state index >= 15 is 0 Å². The summed E-state index contributed by atoms with van der Waals surface area (Å²) < 4.78 is 28.9. The highest BCUT2D eigenvalue weighted by Crippen LogP contribution is 2.15. The molecule has 0 radical (unpaired) electrons. The van der Waals surface area contributed by atoms with Gasteiger partial charge in [0.2, 0.25) is 0 Å². The van der Waals surface area contributed by atoms with Gasteiger partial charge in [0.25, 0.3) is 10.2 Å². The number of rotatable bonds is 7. The summed E-state index contributed by atoms with van der Waals surface area (Å²) in [6.07, 6.45) is 3.36. The summed E-state index contributed by atoms with van der Waals surface area (Å²) in [6.45, 7) is 4.74. The average Bonchev–Trinajstić information content (AvgIpc) is 2.50. The fourth-order valence-electron chi connectivity index (χ4n) is 2.17. The second-order valence-corrected chi connectivity index (χ2v) is 6.81. The Bertz CT molecular complexity index is 702. The Morgan fingerprint density at radius 1 is 1.14 bits per heavy atom. The first-order valence-corrected chi connectivity index (χ1v) is 8.65. The molecule has 0 unspecified atom stereocenters. The number of nitrogens with one attached hydrogen (secondary N) is 1. The Labute approximate surface area is 132 Å². The van der Waals surface area contributed by atoms with Crippen LogP contribution in [-0.2, 0) is 23.3 Å². The zero-order valence-corrected chi connectivity index (χ0v) is 13.7. The molecule has 2 aromatic rings. The normalized spacial score (nSPS) is 11.8. The lowest BCUT2D eigenvalue weighted by Crippen LogP contribution is -2.39. The van der Waals surface area contributed by atoms with Crippen molar-refractivity contribution in [3.8, 4) is 0 Å². The van der Waals surface area contributed by atoms with E-state index in [-0.39, 0.29) is 6.54 Å². The maximum Gasteiger partial charge on any atom is 0.280 e. The Morgan fingerprint density at radius 3 is 2.55 bits per heavy atom. The Hall–Kier alpha value is -1.76. The number of nitrogens with zero attached hydrogens (tertiary/aromatic N) is 2. The van der Waals surface area contributed by atoms with Crippen molar-refractivity contribution in [3.63, 3.8) is 0 Å². The van der Waals surface area contributed by atoms with Crippen molar-refractivity contribution in [3.05, 3.63) is 65.5 Å². The van der Waals surface area contributed by atoms with Crippen molar-refractivity contribution < 1.29 is 8.42 Å². The molecule has 1 aromatic heterocycles. The molecule has 5 nitrogen and oxygen atoms in total. The second kappa shape index (κ2) is 7.49. The van der Waals surface area contributed by atoms with E-state index in [1.807, 2.05) is 37.3 Å². The van der Waals surface area contributed by atoms with E-state index in [1.54, 1.807) is 25.4 Å². The molecule has 0 saturated heterocycles. The van der Waals surface area contributed by atoms with Gasteiger partial charge in [-0.1, -0.05) is 37.3 Å². The van der Waals surface area contributed by atoms with Gasteiger partial charge in [-0.05, 0) is 29.7 Å². The third-order valence-electron chi connectivity index (χ3n) is 3.36. The van der Waals surface area contributed by atoms with Crippen LogP contribution in [0.2, 0.25) is 0 Å². The van der Waals surface area contributed by atoms with Gasteiger partial charge in [-0.2, -0.15) is 12.7 Å². The van der Waals surface area contributed by atoms with Gasteiger partial charge in [-0.15, -0.1) is 0 Å². The lowest BCUT2D eigenvalue weighted by atomic mass is 10.1. The van der Waals surface area contributed by atoms with E-state index in [0.29, 0.717) is 13.1 Å².